The van der Waals surface area contributed by atoms with Crippen molar-refractivity contribution >= 4 is 5.78 Å². The summed E-state index contributed by atoms with van der Waals surface area (Å²) in [7, 11) is 0. The van der Waals surface area contributed by atoms with E-state index in [9.17, 15) is 9.90 Å². The van der Waals surface area contributed by atoms with Crippen LogP contribution in [0.4, 0.5) is 0 Å². The first-order valence-electron chi connectivity index (χ1n) is 6.02. The first-order valence-corrected chi connectivity index (χ1v) is 6.02. The Morgan fingerprint density at radius 3 is 2.81 bits per heavy atom. The maximum atomic E-state index is 11.6. The molecule has 0 aromatic rings. The predicted molar refractivity (Wildman–Crippen MR) is 66.1 cm³/mol. The Bertz CT molecular complexity index is 315. The van der Waals surface area contributed by atoms with E-state index in [1.54, 1.807) is 0 Å². The predicted octanol–water partition coefficient (Wildman–Crippen LogP) is 2.88. The molecule has 1 aliphatic carbocycles. The summed E-state index contributed by atoms with van der Waals surface area (Å²) in [6.07, 6.45) is 3.83. The number of aliphatic hydroxyl groups excluding tert-OH is 1. The van der Waals surface area contributed by atoms with Crippen molar-refractivity contribution in [2.24, 2.45) is 11.8 Å². The molecule has 0 aromatic heterocycles. The molecule has 16 heavy (non-hydrogen) atoms. The minimum Gasteiger partial charge on any atom is -0.392 e. The molecule has 0 heterocycles. The molecule has 0 amide bonds. The van der Waals surface area contributed by atoms with E-state index in [4.69, 9.17) is 0 Å². The zero-order valence-electron chi connectivity index (χ0n) is 10.5. The molecule has 2 nitrogen and oxygen atoms in total. The molecule has 0 spiro atoms. The third kappa shape index (κ3) is 2.82. The second kappa shape index (κ2) is 5.44. The lowest BCUT2D eigenvalue weighted by Gasteiger charge is -2.32. The molecule has 1 N–H and O–H groups in total. The van der Waals surface area contributed by atoms with Crippen LogP contribution < -0.4 is 0 Å². The molecule has 0 radical (unpaired) electrons. The van der Waals surface area contributed by atoms with E-state index in [2.05, 4.69) is 13.5 Å². The van der Waals surface area contributed by atoms with E-state index in [0.29, 0.717) is 6.42 Å². The summed E-state index contributed by atoms with van der Waals surface area (Å²) in [5, 5.41) is 10.1. The number of hydrogen-bond acceptors (Lipinski definition) is 2. The van der Waals surface area contributed by atoms with Gasteiger partial charge in [0, 0.05) is 12.3 Å². The van der Waals surface area contributed by atoms with Gasteiger partial charge < -0.3 is 5.11 Å². The molecule has 3 unspecified atom stereocenters. The van der Waals surface area contributed by atoms with Gasteiger partial charge in [0.05, 0.1) is 6.10 Å². The molecule has 0 saturated carbocycles. The monoisotopic (exact) mass is 222 g/mol. The minimum absolute atomic E-state index is 0.0650. The number of aliphatic hydroxyl groups is 1. The number of carbonyl (C=O) groups is 1. The molecule has 2 heteroatoms. The zero-order chi connectivity index (χ0) is 12.3. The van der Waals surface area contributed by atoms with Crippen LogP contribution in [-0.2, 0) is 4.79 Å². The summed E-state index contributed by atoms with van der Waals surface area (Å²) >= 11 is 0. The highest BCUT2D eigenvalue weighted by Gasteiger charge is 2.32. The maximum absolute atomic E-state index is 11.6. The van der Waals surface area contributed by atoms with Gasteiger partial charge in [0.2, 0.25) is 0 Å². The van der Waals surface area contributed by atoms with Crippen molar-refractivity contribution in [1.29, 1.82) is 0 Å². The average Bonchev–Trinajstić information content (AvgIpc) is 2.21. The molecular weight excluding hydrogens is 200 g/mol. The van der Waals surface area contributed by atoms with E-state index in [-0.39, 0.29) is 23.7 Å². The highest BCUT2D eigenvalue weighted by atomic mass is 16.3. The Kier molecular flexibility index (Phi) is 4.48. The summed E-state index contributed by atoms with van der Waals surface area (Å²) in [6.45, 7) is 9.78. The van der Waals surface area contributed by atoms with Gasteiger partial charge in [-0.3, -0.25) is 4.79 Å². The van der Waals surface area contributed by atoms with E-state index in [1.165, 1.54) is 0 Å². The van der Waals surface area contributed by atoms with Gasteiger partial charge in [-0.15, -0.1) is 0 Å². The van der Waals surface area contributed by atoms with Crippen LogP contribution in [0.3, 0.4) is 0 Å². The normalized spacial score (nSPS) is 27.5. The summed E-state index contributed by atoms with van der Waals surface area (Å²) in [5.41, 5.74) is 1.79. The smallest absolute Gasteiger partial charge is 0.158 e. The maximum Gasteiger partial charge on any atom is 0.158 e. The van der Waals surface area contributed by atoms with Crippen molar-refractivity contribution in [1.82, 2.24) is 0 Å². The highest BCUT2D eigenvalue weighted by Crippen LogP contribution is 2.34. The second-order valence-electron chi connectivity index (χ2n) is 4.86. The summed E-state index contributed by atoms with van der Waals surface area (Å²) < 4.78 is 0. The van der Waals surface area contributed by atoms with Crippen LogP contribution in [0.5, 0.6) is 0 Å². The van der Waals surface area contributed by atoms with Gasteiger partial charge in [0.15, 0.2) is 5.78 Å². The zero-order valence-corrected chi connectivity index (χ0v) is 10.5. The Morgan fingerprint density at radius 1 is 1.69 bits per heavy atom. The van der Waals surface area contributed by atoms with Gasteiger partial charge in [0.1, 0.15) is 0 Å². The van der Waals surface area contributed by atoms with Crippen LogP contribution in [0, 0.1) is 11.8 Å². The van der Waals surface area contributed by atoms with Gasteiger partial charge in [0.25, 0.3) is 0 Å². The third-order valence-electron chi connectivity index (χ3n) is 3.41. The minimum atomic E-state index is -0.352. The number of carbonyl (C=O) groups excluding carboxylic acids is 1. The number of hydrogen-bond donors (Lipinski definition) is 1. The molecule has 90 valence electrons. The van der Waals surface area contributed by atoms with Crippen molar-refractivity contribution < 1.29 is 9.90 Å². The van der Waals surface area contributed by atoms with Crippen LogP contribution in [0.25, 0.3) is 0 Å². The SMILES string of the molecule is C=C(C)C1CC(=O)C(C)=CC1C(O)CCC. The van der Waals surface area contributed by atoms with Crippen LogP contribution in [0.15, 0.2) is 23.8 Å². The van der Waals surface area contributed by atoms with Gasteiger partial charge in [-0.1, -0.05) is 31.6 Å². The number of allylic oxidation sites excluding steroid dienone is 2. The highest BCUT2D eigenvalue weighted by molar-refractivity contribution is 5.96. The van der Waals surface area contributed by atoms with E-state index in [1.807, 2.05) is 19.9 Å². The molecule has 3 atom stereocenters. The summed E-state index contributed by atoms with van der Waals surface area (Å²) in [4.78, 5) is 11.6. The van der Waals surface area contributed by atoms with Crippen molar-refractivity contribution in [3.05, 3.63) is 23.8 Å². The molecule has 0 bridgehead atoms. The van der Waals surface area contributed by atoms with Gasteiger partial charge in [-0.05, 0) is 31.8 Å². The lowest BCUT2D eigenvalue weighted by Crippen LogP contribution is -2.32. The average molecular weight is 222 g/mol. The van der Waals surface area contributed by atoms with Crippen LogP contribution in [0.2, 0.25) is 0 Å². The molecule has 0 saturated heterocycles. The quantitative estimate of drug-likeness (QED) is 0.743. The second-order valence-corrected chi connectivity index (χ2v) is 4.86. The standard InChI is InChI=1S/C14H22O2/c1-5-6-13(15)12-7-10(4)14(16)8-11(12)9(2)3/h7,11-13,15H,2,5-6,8H2,1,3-4H3. The van der Waals surface area contributed by atoms with Gasteiger partial charge >= 0.3 is 0 Å². The van der Waals surface area contributed by atoms with Crippen LogP contribution in [-0.4, -0.2) is 17.0 Å². The van der Waals surface area contributed by atoms with E-state index >= 15 is 0 Å². The number of Topliss-reactive ketones (excluding diaryl/α,β-unsaturated/α-hetero) is 1. The molecule has 0 fully saturated rings. The van der Waals surface area contributed by atoms with Gasteiger partial charge in [-0.2, -0.15) is 0 Å². The lowest BCUT2D eigenvalue weighted by molar-refractivity contribution is -0.117. The fourth-order valence-electron chi connectivity index (χ4n) is 2.36. The van der Waals surface area contributed by atoms with Crippen LogP contribution in [0.1, 0.15) is 40.0 Å². The van der Waals surface area contributed by atoms with Crippen LogP contribution >= 0.6 is 0 Å². The third-order valence-corrected chi connectivity index (χ3v) is 3.41. The lowest BCUT2D eigenvalue weighted by atomic mass is 9.74. The fraction of sp³-hybridized carbons (Fsp3) is 0.643. The first-order chi connectivity index (χ1) is 7.47. The Balaban J connectivity index is 2.92. The van der Waals surface area contributed by atoms with Crippen molar-refractivity contribution in [3.63, 3.8) is 0 Å². The fourth-order valence-corrected chi connectivity index (χ4v) is 2.36. The first kappa shape index (κ1) is 13.2. The molecular formula is C14H22O2. The number of ketones is 1. The van der Waals surface area contributed by atoms with E-state index < -0.39 is 0 Å². The number of rotatable bonds is 4. The molecule has 1 rings (SSSR count). The summed E-state index contributed by atoms with van der Waals surface area (Å²) in [6, 6.07) is 0. The Morgan fingerprint density at radius 2 is 2.31 bits per heavy atom. The molecule has 0 aliphatic heterocycles. The van der Waals surface area contributed by atoms with E-state index in [0.717, 1.165) is 24.0 Å². The summed E-state index contributed by atoms with van der Waals surface area (Å²) in [5.74, 6) is 0.362. The van der Waals surface area contributed by atoms with Crippen molar-refractivity contribution in [2.45, 2.75) is 46.1 Å². The topological polar surface area (TPSA) is 37.3 Å². The van der Waals surface area contributed by atoms with Crippen molar-refractivity contribution in [3.8, 4) is 0 Å². The Hall–Kier alpha value is -0.890. The van der Waals surface area contributed by atoms with Gasteiger partial charge in [-0.25, -0.2) is 0 Å². The van der Waals surface area contributed by atoms with Crippen molar-refractivity contribution in [2.75, 3.05) is 0 Å². The molecule has 1 aliphatic rings. The molecule has 0 aromatic carbocycles. The Labute approximate surface area is 98.1 Å². The largest absolute Gasteiger partial charge is 0.392 e.